The predicted molar refractivity (Wildman–Crippen MR) is 216 cm³/mol. The number of carbonyl (C=O) groups is 1. The lowest BCUT2D eigenvalue weighted by Gasteiger charge is -2.72. The highest BCUT2D eigenvalue weighted by molar-refractivity contribution is 8.00. The predicted octanol–water partition coefficient (Wildman–Crippen LogP) is 7.96. The molecular formula is C45H72N2O4S. The molecule has 0 aromatic heterocycles. The molecule has 6 aliphatic carbocycles. The minimum absolute atomic E-state index is 0.0409. The van der Waals surface area contributed by atoms with Crippen molar-refractivity contribution in [3.8, 4) is 0 Å². The number of rotatable bonds is 10. The first kappa shape index (κ1) is 38.8. The zero-order valence-corrected chi connectivity index (χ0v) is 34.5. The summed E-state index contributed by atoms with van der Waals surface area (Å²) in [5, 5.41) is 14.0. The maximum Gasteiger partial charge on any atom is 0.293 e. The lowest BCUT2D eigenvalue weighted by atomic mass is 9.33. The number of allylic oxidation sites excluding steroid dienone is 4. The van der Waals surface area contributed by atoms with Gasteiger partial charge in [-0.15, -0.1) is 0 Å². The van der Waals surface area contributed by atoms with Gasteiger partial charge in [-0.1, -0.05) is 58.9 Å². The molecule has 5 fully saturated rings. The summed E-state index contributed by atoms with van der Waals surface area (Å²) in [5.74, 6) is 8.80. The molecule has 4 saturated carbocycles. The Morgan fingerprint density at radius 1 is 0.981 bits per heavy atom. The Balaban J connectivity index is 1.12. The molecule has 7 heteroatoms. The fourth-order valence-corrected chi connectivity index (χ4v) is 16.3. The van der Waals surface area contributed by atoms with Crippen LogP contribution in [0.5, 0.6) is 0 Å². The van der Waals surface area contributed by atoms with Gasteiger partial charge < -0.3 is 20.1 Å². The quantitative estimate of drug-likeness (QED) is 0.135. The van der Waals surface area contributed by atoms with Crippen molar-refractivity contribution in [3.63, 3.8) is 0 Å². The molecular weight excluding hydrogens is 665 g/mol. The molecule has 6 nitrogen and oxygen atoms in total. The van der Waals surface area contributed by atoms with E-state index in [0.717, 1.165) is 56.9 Å². The Labute approximate surface area is 317 Å². The highest BCUT2D eigenvalue weighted by atomic mass is 32.2. The van der Waals surface area contributed by atoms with Crippen LogP contribution in [-0.4, -0.2) is 82.0 Å². The van der Waals surface area contributed by atoms with Crippen LogP contribution in [0, 0.1) is 51.2 Å². The fourth-order valence-electron chi connectivity index (χ4n) is 14.9. The van der Waals surface area contributed by atoms with Crippen molar-refractivity contribution >= 4 is 21.9 Å². The van der Waals surface area contributed by atoms with Gasteiger partial charge in [0.15, 0.2) is 0 Å². The van der Waals surface area contributed by atoms with Crippen molar-refractivity contribution in [1.29, 1.82) is 0 Å². The molecule has 2 N–H and O–H groups in total. The minimum atomic E-state index is -1.86. The van der Waals surface area contributed by atoms with Crippen LogP contribution >= 0.6 is 0 Å². The largest absolute Gasteiger partial charge is 0.461 e. The Bertz CT molecular complexity index is 1570. The van der Waals surface area contributed by atoms with Gasteiger partial charge in [0.2, 0.25) is 0 Å². The average molecular weight is 737 g/mol. The molecule has 292 valence electrons. The minimum Gasteiger partial charge on any atom is -0.461 e. The van der Waals surface area contributed by atoms with Gasteiger partial charge in [0.25, 0.3) is 6.47 Å². The molecule has 0 aromatic rings. The summed E-state index contributed by atoms with van der Waals surface area (Å²) < 4.78 is 18.1. The van der Waals surface area contributed by atoms with Crippen LogP contribution in [0.1, 0.15) is 125 Å². The Morgan fingerprint density at radius 3 is 2.38 bits per heavy atom. The molecule has 1 aliphatic heterocycles. The van der Waals surface area contributed by atoms with E-state index in [-0.39, 0.29) is 23.0 Å². The second-order valence-electron chi connectivity index (χ2n) is 20.3. The van der Waals surface area contributed by atoms with Gasteiger partial charge in [-0.2, -0.15) is 0 Å². The van der Waals surface area contributed by atoms with Gasteiger partial charge in [0.05, 0.1) is 0 Å². The highest BCUT2D eigenvalue weighted by Gasteiger charge is 2.70. The first-order chi connectivity index (χ1) is 24.5. The van der Waals surface area contributed by atoms with Gasteiger partial charge in [0, 0.05) is 62.7 Å². The highest BCUT2D eigenvalue weighted by Crippen LogP contribution is 2.76. The molecule has 0 bridgehead atoms. The number of carbonyl (C=O) groups excluding carboxylic acids is 1. The SMILES string of the molecule is C=C(C)[C@@H]1CC[C@]2(NCCN3CCS(=C)(=O)CC3)CC[C@]3(C)[C@H](CC[C@@H]4[C@@]5(C)CC=C(C6=CCC(CCO)(OC=O)CC6)C(C)(C)[C@@H]5CC[C@]43C)[C@@H]12. The zero-order valence-electron chi connectivity index (χ0n) is 33.7. The number of aliphatic hydroxyl groups is 1. The molecule has 7 rings (SSSR count). The second kappa shape index (κ2) is 13.7. The van der Waals surface area contributed by atoms with E-state index < -0.39 is 15.1 Å². The van der Waals surface area contributed by atoms with Crippen molar-refractivity contribution in [2.75, 3.05) is 44.3 Å². The molecule has 52 heavy (non-hydrogen) atoms. The van der Waals surface area contributed by atoms with E-state index in [2.05, 4.69) is 76.4 Å². The summed E-state index contributed by atoms with van der Waals surface area (Å²) in [5.41, 5.74) is 5.01. The first-order valence-corrected chi connectivity index (χ1v) is 23.1. The smallest absolute Gasteiger partial charge is 0.293 e. The zero-order chi connectivity index (χ0) is 37.4. The molecule has 0 amide bonds. The Morgan fingerprint density at radius 2 is 1.73 bits per heavy atom. The summed E-state index contributed by atoms with van der Waals surface area (Å²) >= 11 is 0. The number of fused-ring (bicyclic) bond motifs is 7. The third-order valence-electron chi connectivity index (χ3n) is 17.9. The van der Waals surface area contributed by atoms with Crippen LogP contribution in [0.25, 0.3) is 0 Å². The van der Waals surface area contributed by atoms with Crippen molar-refractivity contribution in [1.82, 2.24) is 10.2 Å². The summed E-state index contributed by atoms with van der Waals surface area (Å²) in [4.78, 5) is 13.9. The van der Waals surface area contributed by atoms with Crippen molar-refractivity contribution in [2.45, 2.75) is 136 Å². The van der Waals surface area contributed by atoms with E-state index in [9.17, 15) is 14.1 Å². The third-order valence-corrected chi connectivity index (χ3v) is 19.7. The maximum atomic E-state index is 12.5. The van der Waals surface area contributed by atoms with E-state index in [0.29, 0.717) is 59.7 Å². The Kier molecular flexibility index (Phi) is 10.2. The lowest BCUT2D eigenvalue weighted by molar-refractivity contribution is -0.221. The standard InChI is InChI=1S/C45H72N2O4S/c1-32(2)34-13-20-45(46-24-25-47-26-29-52(8,50)30-27-47)22-21-42(6)36(39(34)45)9-10-38-41(5)16-14-35(40(3,4)37(41)15-17-43(38,42)7)33-11-18-44(19-12-33,23-28-48)51-31-49/h11,14,31,34,36-39,46,48H,1,8-10,12-13,15-30H2,2-7H3/t34-,36+,37-,38+,39+,41-,42+,43+,44?,45-/m0/s1. The molecule has 0 spiro atoms. The summed E-state index contributed by atoms with van der Waals surface area (Å²) in [6.45, 7) is 24.7. The van der Waals surface area contributed by atoms with Crippen LogP contribution in [0.3, 0.4) is 0 Å². The van der Waals surface area contributed by atoms with Gasteiger partial charge >= 0.3 is 0 Å². The molecule has 7 aliphatic rings. The topological polar surface area (TPSA) is 78.9 Å². The van der Waals surface area contributed by atoms with Crippen LogP contribution in [0.4, 0.5) is 0 Å². The number of hydrogen-bond acceptors (Lipinski definition) is 6. The van der Waals surface area contributed by atoms with Gasteiger partial charge in [0.1, 0.15) is 5.60 Å². The second-order valence-corrected chi connectivity index (χ2v) is 23.1. The number of hydrogen-bond donors (Lipinski definition) is 2. The first-order valence-electron chi connectivity index (χ1n) is 21.1. The van der Waals surface area contributed by atoms with Crippen molar-refractivity contribution in [2.24, 2.45) is 51.2 Å². The van der Waals surface area contributed by atoms with E-state index in [1.165, 1.54) is 68.1 Å². The molecule has 0 radical (unpaired) electrons. The summed E-state index contributed by atoms with van der Waals surface area (Å²) in [6.07, 6.45) is 19.5. The van der Waals surface area contributed by atoms with Crippen molar-refractivity contribution < 1.29 is 18.8 Å². The summed E-state index contributed by atoms with van der Waals surface area (Å²) in [6, 6.07) is 0. The number of nitrogens with one attached hydrogen (secondary N) is 1. The summed E-state index contributed by atoms with van der Waals surface area (Å²) in [7, 11) is -1.86. The fraction of sp³-hybridized carbons (Fsp3) is 0.822. The van der Waals surface area contributed by atoms with Crippen LogP contribution in [0.15, 0.2) is 35.5 Å². The van der Waals surface area contributed by atoms with Crippen LogP contribution in [-0.2, 0) is 19.1 Å². The maximum absolute atomic E-state index is 12.5. The van der Waals surface area contributed by atoms with Gasteiger partial charge in [-0.05, 0) is 155 Å². The van der Waals surface area contributed by atoms with Crippen molar-refractivity contribution in [3.05, 3.63) is 35.5 Å². The lowest BCUT2D eigenvalue weighted by Crippen LogP contribution is -2.68. The van der Waals surface area contributed by atoms with E-state index in [4.69, 9.17) is 4.74 Å². The molecule has 0 aromatic carbocycles. The third kappa shape index (κ3) is 6.08. The molecule has 10 atom stereocenters. The number of ether oxygens (including phenoxy) is 1. The van der Waals surface area contributed by atoms with Crippen LogP contribution < -0.4 is 5.32 Å². The van der Waals surface area contributed by atoms with E-state index in [1.54, 1.807) is 0 Å². The Hall–Kier alpha value is -1.41. The monoisotopic (exact) mass is 737 g/mol. The van der Waals surface area contributed by atoms with E-state index in [1.807, 2.05) is 0 Å². The normalized spacial score (nSPS) is 45.3. The molecule has 1 unspecified atom stereocenters. The van der Waals surface area contributed by atoms with Gasteiger partial charge in [-0.25, -0.2) is 0 Å². The average Bonchev–Trinajstić information content (AvgIpc) is 3.47. The number of nitrogens with zero attached hydrogens (tertiary/aromatic N) is 1. The molecule has 1 saturated heterocycles. The van der Waals surface area contributed by atoms with Gasteiger partial charge in [-0.3, -0.25) is 9.00 Å². The molecule has 1 heterocycles. The van der Waals surface area contributed by atoms with E-state index >= 15 is 0 Å². The number of aliphatic hydroxyl groups excluding tert-OH is 1. The van der Waals surface area contributed by atoms with Crippen LogP contribution in [0.2, 0.25) is 0 Å².